The van der Waals surface area contributed by atoms with Crippen molar-refractivity contribution < 1.29 is 4.79 Å². The predicted octanol–water partition coefficient (Wildman–Crippen LogP) is 2.10. The highest BCUT2D eigenvalue weighted by Crippen LogP contribution is 2.26. The van der Waals surface area contributed by atoms with Gasteiger partial charge >= 0.3 is 0 Å². The lowest BCUT2D eigenvalue weighted by Crippen LogP contribution is -2.38. The van der Waals surface area contributed by atoms with Gasteiger partial charge in [0.25, 0.3) is 0 Å². The molecule has 0 unspecified atom stereocenters. The van der Waals surface area contributed by atoms with Gasteiger partial charge in [0.2, 0.25) is 5.91 Å². The number of hydrogen-bond acceptors (Lipinski definition) is 2. The van der Waals surface area contributed by atoms with Gasteiger partial charge < -0.3 is 10.6 Å². The molecule has 0 radical (unpaired) electrons. The van der Waals surface area contributed by atoms with Gasteiger partial charge in [0, 0.05) is 19.0 Å². The Balaban J connectivity index is 0.00000225. The summed E-state index contributed by atoms with van der Waals surface area (Å²) in [5.41, 5.74) is 0. The first-order chi connectivity index (χ1) is 7.26. The molecule has 2 N–H and O–H groups in total. The zero-order chi connectivity index (χ0) is 11.1. The van der Waals surface area contributed by atoms with Crippen molar-refractivity contribution in [1.29, 1.82) is 0 Å². The zero-order valence-corrected chi connectivity index (χ0v) is 11.2. The van der Waals surface area contributed by atoms with Gasteiger partial charge in [-0.1, -0.05) is 13.3 Å². The minimum absolute atomic E-state index is 0. The van der Waals surface area contributed by atoms with Crippen molar-refractivity contribution in [3.8, 4) is 0 Å². The molecule has 0 saturated heterocycles. The van der Waals surface area contributed by atoms with Crippen LogP contribution in [0, 0.1) is 5.92 Å². The molecule has 0 aromatic heterocycles. The van der Waals surface area contributed by atoms with Crippen LogP contribution in [0.2, 0.25) is 0 Å². The molecule has 0 aromatic rings. The Kier molecular flexibility index (Phi) is 8.67. The second-order valence-corrected chi connectivity index (χ2v) is 4.55. The summed E-state index contributed by atoms with van der Waals surface area (Å²) in [6.45, 7) is 3.03. The third-order valence-corrected chi connectivity index (χ3v) is 3.39. The first kappa shape index (κ1) is 15.7. The molecule has 1 aliphatic rings. The molecular weight excluding hydrogens is 224 g/mol. The maximum atomic E-state index is 11.5. The molecule has 0 aliphatic heterocycles. The summed E-state index contributed by atoms with van der Waals surface area (Å²) in [6.07, 6.45) is 6.80. The van der Waals surface area contributed by atoms with Crippen molar-refractivity contribution >= 4 is 18.3 Å². The summed E-state index contributed by atoms with van der Waals surface area (Å²) in [5, 5.41) is 6.11. The first-order valence-electron chi connectivity index (χ1n) is 6.20. The van der Waals surface area contributed by atoms with Crippen molar-refractivity contribution in [1.82, 2.24) is 10.6 Å². The highest BCUT2D eigenvalue weighted by molar-refractivity contribution is 5.85. The van der Waals surface area contributed by atoms with Gasteiger partial charge in [-0.25, -0.2) is 0 Å². The summed E-state index contributed by atoms with van der Waals surface area (Å²) >= 11 is 0. The quantitative estimate of drug-likeness (QED) is 0.783. The molecule has 0 spiro atoms. The van der Waals surface area contributed by atoms with E-state index in [9.17, 15) is 4.79 Å². The monoisotopic (exact) mass is 248 g/mol. The van der Waals surface area contributed by atoms with Crippen molar-refractivity contribution in [2.75, 3.05) is 13.6 Å². The number of hydrogen-bond donors (Lipinski definition) is 2. The summed E-state index contributed by atoms with van der Waals surface area (Å²) in [7, 11) is 1.87. The van der Waals surface area contributed by atoms with Crippen molar-refractivity contribution in [2.45, 2.75) is 51.5 Å². The largest absolute Gasteiger partial charge is 0.353 e. The normalized spacial score (nSPS) is 24.6. The maximum absolute atomic E-state index is 11.5. The molecule has 1 rings (SSSR count). The minimum Gasteiger partial charge on any atom is -0.353 e. The van der Waals surface area contributed by atoms with Crippen LogP contribution in [0.1, 0.15) is 45.4 Å². The van der Waals surface area contributed by atoms with Crippen LogP contribution in [0.15, 0.2) is 0 Å². The van der Waals surface area contributed by atoms with Crippen LogP contribution < -0.4 is 10.6 Å². The number of halogens is 1. The lowest BCUT2D eigenvalue weighted by Gasteiger charge is -2.28. The summed E-state index contributed by atoms with van der Waals surface area (Å²) in [5.74, 6) is 1.10. The van der Waals surface area contributed by atoms with E-state index in [-0.39, 0.29) is 18.3 Å². The average molecular weight is 249 g/mol. The smallest absolute Gasteiger partial charge is 0.221 e. The molecule has 1 saturated carbocycles. The van der Waals surface area contributed by atoms with Crippen LogP contribution in [0.4, 0.5) is 0 Å². The molecule has 3 nitrogen and oxygen atoms in total. The fourth-order valence-corrected chi connectivity index (χ4v) is 2.25. The average Bonchev–Trinajstić information content (AvgIpc) is 2.27. The molecular formula is C12H25ClN2O. The fourth-order valence-electron chi connectivity index (χ4n) is 2.25. The van der Waals surface area contributed by atoms with E-state index in [1.54, 1.807) is 0 Å². The van der Waals surface area contributed by atoms with Crippen molar-refractivity contribution in [3.63, 3.8) is 0 Å². The van der Waals surface area contributed by atoms with Crippen molar-refractivity contribution in [2.24, 2.45) is 5.92 Å². The van der Waals surface area contributed by atoms with E-state index in [1.165, 1.54) is 32.1 Å². The first-order valence-corrected chi connectivity index (χ1v) is 6.20. The Morgan fingerprint density at radius 3 is 2.38 bits per heavy atom. The molecule has 0 bridgehead atoms. The Morgan fingerprint density at radius 2 is 1.88 bits per heavy atom. The van der Waals surface area contributed by atoms with E-state index in [4.69, 9.17) is 0 Å². The lowest BCUT2D eigenvalue weighted by atomic mass is 9.84. The van der Waals surface area contributed by atoms with Gasteiger partial charge in [0.15, 0.2) is 0 Å². The van der Waals surface area contributed by atoms with E-state index < -0.39 is 0 Å². The van der Waals surface area contributed by atoms with Gasteiger partial charge in [0.05, 0.1) is 0 Å². The van der Waals surface area contributed by atoms with Crippen molar-refractivity contribution in [3.05, 3.63) is 0 Å². The molecule has 1 amide bonds. The SMILES string of the molecule is CCC1CCC(NC(=O)CCNC)CC1.Cl. The van der Waals surface area contributed by atoms with Crippen LogP contribution in [0.25, 0.3) is 0 Å². The molecule has 16 heavy (non-hydrogen) atoms. The van der Waals surface area contributed by atoms with E-state index in [1.807, 2.05) is 7.05 Å². The third-order valence-electron chi connectivity index (χ3n) is 3.39. The Morgan fingerprint density at radius 1 is 1.25 bits per heavy atom. The topological polar surface area (TPSA) is 41.1 Å². The maximum Gasteiger partial charge on any atom is 0.221 e. The molecule has 1 aliphatic carbocycles. The van der Waals surface area contributed by atoms with E-state index >= 15 is 0 Å². The number of rotatable bonds is 5. The Hall–Kier alpha value is -0.280. The number of amides is 1. The van der Waals surface area contributed by atoms with Gasteiger partial charge in [-0.15, -0.1) is 12.4 Å². The zero-order valence-electron chi connectivity index (χ0n) is 10.4. The van der Waals surface area contributed by atoms with E-state index in [2.05, 4.69) is 17.6 Å². The molecule has 0 atom stereocenters. The molecule has 0 aromatic carbocycles. The van der Waals surface area contributed by atoms with E-state index in [0.717, 1.165) is 12.5 Å². The highest BCUT2D eigenvalue weighted by Gasteiger charge is 2.20. The van der Waals surface area contributed by atoms with Gasteiger partial charge in [-0.2, -0.15) is 0 Å². The van der Waals surface area contributed by atoms with Gasteiger partial charge in [0.1, 0.15) is 0 Å². The molecule has 0 heterocycles. The number of carbonyl (C=O) groups excluding carboxylic acids is 1. The standard InChI is InChI=1S/C12H24N2O.ClH/c1-3-10-4-6-11(7-5-10)14-12(15)8-9-13-2;/h10-11,13H,3-9H2,1-2H3,(H,14,15);1H. The number of carbonyl (C=O) groups is 1. The molecule has 96 valence electrons. The highest BCUT2D eigenvalue weighted by atomic mass is 35.5. The van der Waals surface area contributed by atoms with E-state index in [0.29, 0.717) is 12.5 Å². The Bertz CT molecular complexity index is 191. The van der Waals surface area contributed by atoms with Crippen LogP contribution in [-0.2, 0) is 4.79 Å². The fraction of sp³-hybridized carbons (Fsp3) is 0.917. The second kappa shape index (κ2) is 8.82. The van der Waals surface area contributed by atoms with Crippen LogP contribution in [0.3, 0.4) is 0 Å². The van der Waals surface area contributed by atoms with Crippen LogP contribution >= 0.6 is 12.4 Å². The predicted molar refractivity (Wildman–Crippen MR) is 70.0 cm³/mol. The van der Waals surface area contributed by atoms with Gasteiger partial charge in [-0.3, -0.25) is 4.79 Å². The summed E-state index contributed by atoms with van der Waals surface area (Å²) in [4.78, 5) is 11.5. The molecule has 4 heteroatoms. The summed E-state index contributed by atoms with van der Waals surface area (Å²) in [6, 6.07) is 0.442. The third kappa shape index (κ3) is 5.71. The Labute approximate surface area is 105 Å². The van der Waals surface area contributed by atoms with Gasteiger partial charge in [-0.05, 0) is 38.6 Å². The van der Waals surface area contributed by atoms with Crippen LogP contribution in [0.5, 0.6) is 0 Å². The second-order valence-electron chi connectivity index (χ2n) is 4.55. The minimum atomic E-state index is 0. The lowest BCUT2D eigenvalue weighted by molar-refractivity contribution is -0.121. The molecule has 1 fully saturated rings. The van der Waals surface area contributed by atoms with Crippen LogP contribution in [-0.4, -0.2) is 25.5 Å². The number of nitrogens with one attached hydrogen (secondary N) is 2. The summed E-state index contributed by atoms with van der Waals surface area (Å²) < 4.78 is 0.